The smallest absolute Gasteiger partial charge is 0.347 e. The zero-order valence-corrected chi connectivity index (χ0v) is 11.8. The molecule has 0 bridgehead atoms. The van der Waals surface area contributed by atoms with E-state index in [4.69, 9.17) is 0 Å². The van der Waals surface area contributed by atoms with Crippen molar-refractivity contribution in [2.45, 2.75) is 39.7 Å². The largest absolute Gasteiger partial charge is 0.477 e. The SMILES string of the molecule is CC(C)Cc1nc(CN2CCCC2)sc1C(=O)O. The first kappa shape index (κ1) is 13.5. The molecule has 0 aliphatic carbocycles. The van der Waals surface area contributed by atoms with E-state index in [1.807, 2.05) is 0 Å². The molecule has 0 saturated carbocycles. The highest BCUT2D eigenvalue weighted by Gasteiger charge is 2.20. The molecular weight excluding hydrogens is 248 g/mol. The van der Waals surface area contributed by atoms with Gasteiger partial charge >= 0.3 is 5.97 Å². The van der Waals surface area contributed by atoms with Gasteiger partial charge in [0.25, 0.3) is 0 Å². The van der Waals surface area contributed by atoms with Crippen LogP contribution in [-0.2, 0) is 13.0 Å². The second-order valence-electron chi connectivity index (χ2n) is 5.27. The molecule has 0 atom stereocenters. The molecule has 2 heterocycles. The molecule has 5 heteroatoms. The summed E-state index contributed by atoms with van der Waals surface area (Å²) >= 11 is 1.34. The third kappa shape index (κ3) is 3.29. The van der Waals surface area contributed by atoms with Crippen molar-refractivity contribution in [3.8, 4) is 0 Å². The maximum absolute atomic E-state index is 11.2. The molecule has 1 aromatic heterocycles. The Labute approximate surface area is 112 Å². The highest BCUT2D eigenvalue weighted by Crippen LogP contribution is 2.23. The van der Waals surface area contributed by atoms with Gasteiger partial charge in [0.05, 0.1) is 12.2 Å². The number of aromatic carboxylic acids is 1. The molecule has 1 aliphatic rings. The molecular formula is C13H20N2O2S. The third-order valence-electron chi connectivity index (χ3n) is 3.10. The zero-order valence-electron chi connectivity index (χ0n) is 11.0. The van der Waals surface area contributed by atoms with E-state index in [0.717, 1.165) is 36.8 Å². The Balaban J connectivity index is 2.13. The van der Waals surface area contributed by atoms with Crippen LogP contribution in [0, 0.1) is 5.92 Å². The normalized spacial score (nSPS) is 16.6. The molecule has 1 N–H and O–H groups in total. The first-order chi connectivity index (χ1) is 8.56. The number of hydrogen-bond acceptors (Lipinski definition) is 4. The predicted octanol–water partition coefficient (Wildman–Crippen LogP) is 2.64. The Morgan fingerprint density at radius 2 is 2.11 bits per heavy atom. The molecule has 1 aliphatic heterocycles. The number of nitrogens with zero attached hydrogens (tertiary/aromatic N) is 2. The van der Waals surface area contributed by atoms with Crippen molar-refractivity contribution in [2.24, 2.45) is 5.92 Å². The molecule has 0 radical (unpaired) electrons. The van der Waals surface area contributed by atoms with Crippen molar-refractivity contribution in [2.75, 3.05) is 13.1 Å². The third-order valence-corrected chi connectivity index (χ3v) is 4.17. The first-order valence-electron chi connectivity index (χ1n) is 6.50. The minimum absolute atomic E-state index is 0.429. The van der Waals surface area contributed by atoms with E-state index in [-0.39, 0.29) is 0 Å². The van der Waals surface area contributed by atoms with Crippen LogP contribution in [-0.4, -0.2) is 34.0 Å². The summed E-state index contributed by atoms with van der Waals surface area (Å²) in [6.45, 7) is 7.21. The summed E-state index contributed by atoms with van der Waals surface area (Å²) in [5.74, 6) is -0.402. The van der Waals surface area contributed by atoms with E-state index in [0.29, 0.717) is 10.8 Å². The number of thiazole rings is 1. The van der Waals surface area contributed by atoms with Gasteiger partial charge in [-0.25, -0.2) is 9.78 Å². The lowest BCUT2D eigenvalue weighted by molar-refractivity contribution is 0.0700. The summed E-state index contributed by atoms with van der Waals surface area (Å²) in [6.07, 6.45) is 3.24. The fraction of sp³-hybridized carbons (Fsp3) is 0.692. The van der Waals surface area contributed by atoms with Crippen molar-refractivity contribution in [3.05, 3.63) is 15.6 Å². The van der Waals surface area contributed by atoms with Gasteiger partial charge in [-0.2, -0.15) is 0 Å². The van der Waals surface area contributed by atoms with E-state index >= 15 is 0 Å². The first-order valence-corrected chi connectivity index (χ1v) is 7.32. The summed E-state index contributed by atoms with van der Waals surface area (Å²) in [4.78, 5) is 18.5. The maximum Gasteiger partial charge on any atom is 0.347 e. The van der Waals surface area contributed by atoms with Crippen LogP contribution < -0.4 is 0 Å². The molecule has 18 heavy (non-hydrogen) atoms. The van der Waals surface area contributed by atoms with Gasteiger partial charge in [0, 0.05) is 0 Å². The van der Waals surface area contributed by atoms with Crippen LogP contribution in [0.25, 0.3) is 0 Å². The minimum Gasteiger partial charge on any atom is -0.477 e. The summed E-state index contributed by atoms with van der Waals surface area (Å²) in [5.41, 5.74) is 0.761. The second kappa shape index (κ2) is 5.80. The molecule has 4 nitrogen and oxygen atoms in total. The van der Waals surface area contributed by atoms with Crippen molar-refractivity contribution in [1.82, 2.24) is 9.88 Å². The van der Waals surface area contributed by atoms with Crippen LogP contribution in [0.4, 0.5) is 0 Å². The second-order valence-corrected chi connectivity index (χ2v) is 6.35. The minimum atomic E-state index is -0.837. The van der Waals surface area contributed by atoms with Crippen molar-refractivity contribution >= 4 is 17.3 Å². The van der Waals surface area contributed by atoms with Crippen molar-refractivity contribution in [3.63, 3.8) is 0 Å². The fourth-order valence-electron chi connectivity index (χ4n) is 2.29. The number of carboxylic acids is 1. The van der Waals surface area contributed by atoms with Gasteiger partial charge in [-0.05, 0) is 38.3 Å². The molecule has 1 saturated heterocycles. The number of carboxylic acid groups (broad SMARTS) is 1. The lowest BCUT2D eigenvalue weighted by Crippen LogP contribution is -2.18. The van der Waals surface area contributed by atoms with Crippen LogP contribution in [0.15, 0.2) is 0 Å². The highest BCUT2D eigenvalue weighted by molar-refractivity contribution is 7.13. The van der Waals surface area contributed by atoms with Gasteiger partial charge in [-0.3, -0.25) is 4.90 Å². The van der Waals surface area contributed by atoms with Crippen molar-refractivity contribution < 1.29 is 9.90 Å². The average Bonchev–Trinajstić information content (AvgIpc) is 2.87. The van der Waals surface area contributed by atoms with E-state index in [2.05, 4.69) is 23.7 Å². The fourth-order valence-corrected chi connectivity index (χ4v) is 3.27. The Bertz CT molecular complexity index is 423. The van der Waals surface area contributed by atoms with E-state index in [1.165, 1.54) is 24.2 Å². The van der Waals surface area contributed by atoms with Gasteiger partial charge in [0.15, 0.2) is 0 Å². The Morgan fingerprint density at radius 3 is 2.67 bits per heavy atom. The van der Waals surface area contributed by atoms with Gasteiger partial charge < -0.3 is 5.11 Å². The number of aromatic nitrogens is 1. The zero-order chi connectivity index (χ0) is 13.1. The molecule has 0 unspecified atom stereocenters. The van der Waals surface area contributed by atoms with Gasteiger partial charge in [-0.1, -0.05) is 13.8 Å². The number of likely N-dealkylation sites (tertiary alicyclic amines) is 1. The van der Waals surface area contributed by atoms with Crippen molar-refractivity contribution in [1.29, 1.82) is 0 Å². The topological polar surface area (TPSA) is 53.4 Å². The standard InChI is InChI=1S/C13H20N2O2S/c1-9(2)7-10-12(13(16)17)18-11(14-10)8-15-5-3-4-6-15/h9H,3-8H2,1-2H3,(H,16,17). The Kier molecular flexibility index (Phi) is 4.35. The van der Waals surface area contributed by atoms with Crippen LogP contribution in [0.3, 0.4) is 0 Å². The maximum atomic E-state index is 11.2. The number of hydrogen-bond donors (Lipinski definition) is 1. The number of carbonyl (C=O) groups is 1. The monoisotopic (exact) mass is 268 g/mol. The van der Waals surface area contributed by atoms with Crippen LogP contribution in [0.1, 0.15) is 47.1 Å². The Hall–Kier alpha value is -0.940. The average molecular weight is 268 g/mol. The predicted molar refractivity (Wildman–Crippen MR) is 72.1 cm³/mol. The van der Waals surface area contributed by atoms with E-state index in [9.17, 15) is 9.90 Å². The molecule has 0 amide bonds. The molecule has 100 valence electrons. The highest BCUT2D eigenvalue weighted by atomic mass is 32.1. The summed E-state index contributed by atoms with van der Waals surface area (Å²) in [6, 6.07) is 0. The molecule has 1 aromatic rings. The van der Waals surface area contributed by atoms with Gasteiger partial charge in [-0.15, -0.1) is 11.3 Å². The van der Waals surface area contributed by atoms with Crippen LogP contribution >= 0.6 is 11.3 Å². The molecule has 2 rings (SSSR count). The quantitative estimate of drug-likeness (QED) is 0.892. The summed E-state index contributed by atoms with van der Waals surface area (Å²) in [7, 11) is 0. The molecule has 0 aromatic carbocycles. The van der Waals surface area contributed by atoms with E-state index < -0.39 is 5.97 Å². The van der Waals surface area contributed by atoms with Gasteiger partial charge in [0.2, 0.25) is 0 Å². The van der Waals surface area contributed by atoms with Gasteiger partial charge in [0.1, 0.15) is 9.88 Å². The molecule has 1 fully saturated rings. The lowest BCUT2D eigenvalue weighted by atomic mass is 10.1. The van der Waals surface area contributed by atoms with Crippen LogP contribution in [0.5, 0.6) is 0 Å². The van der Waals surface area contributed by atoms with E-state index in [1.54, 1.807) is 0 Å². The van der Waals surface area contributed by atoms with Crippen LogP contribution in [0.2, 0.25) is 0 Å². The summed E-state index contributed by atoms with van der Waals surface area (Å²) < 4.78 is 0. The lowest BCUT2D eigenvalue weighted by Gasteiger charge is -2.11. The molecule has 0 spiro atoms. The number of rotatable bonds is 5. The Morgan fingerprint density at radius 1 is 1.44 bits per heavy atom. The summed E-state index contributed by atoms with van der Waals surface area (Å²) in [5, 5.41) is 10.2.